The highest BCUT2D eigenvalue weighted by atomic mass is 16.5. The maximum absolute atomic E-state index is 12.9. The molecule has 2 amide bonds. The van der Waals surface area contributed by atoms with Crippen molar-refractivity contribution in [1.29, 1.82) is 0 Å². The van der Waals surface area contributed by atoms with Crippen molar-refractivity contribution < 1.29 is 24.2 Å². The van der Waals surface area contributed by atoms with Crippen LogP contribution in [0.15, 0.2) is 48.5 Å². The second-order valence-corrected chi connectivity index (χ2v) is 10.2. The third kappa shape index (κ3) is 5.66. The van der Waals surface area contributed by atoms with Gasteiger partial charge in [-0.15, -0.1) is 0 Å². The first kappa shape index (κ1) is 24.8. The van der Waals surface area contributed by atoms with Crippen LogP contribution in [-0.2, 0) is 14.3 Å². The summed E-state index contributed by atoms with van der Waals surface area (Å²) in [4.78, 5) is 37.0. The van der Waals surface area contributed by atoms with Crippen molar-refractivity contribution in [3.05, 3.63) is 59.7 Å². The van der Waals surface area contributed by atoms with Gasteiger partial charge < -0.3 is 20.5 Å². The predicted octanol–water partition coefficient (Wildman–Crippen LogP) is 4.70. The topological polar surface area (TPSA) is 105 Å². The molecule has 2 aliphatic carbocycles. The fraction of sp³-hybridized carbons (Fsp3) is 0.464. The van der Waals surface area contributed by atoms with Crippen molar-refractivity contribution in [2.24, 2.45) is 11.8 Å². The van der Waals surface area contributed by atoms with Crippen molar-refractivity contribution in [2.45, 2.75) is 57.4 Å². The van der Waals surface area contributed by atoms with Gasteiger partial charge in [-0.3, -0.25) is 4.79 Å². The van der Waals surface area contributed by atoms with E-state index in [0.717, 1.165) is 47.9 Å². The van der Waals surface area contributed by atoms with Crippen molar-refractivity contribution in [2.75, 3.05) is 13.2 Å². The number of ether oxygens (including phenoxy) is 1. The van der Waals surface area contributed by atoms with Gasteiger partial charge in [0.15, 0.2) is 0 Å². The highest BCUT2D eigenvalue weighted by Crippen LogP contribution is 2.44. The number of benzene rings is 2. The van der Waals surface area contributed by atoms with Crippen molar-refractivity contribution in [3.8, 4) is 11.1 Å². The van der Waals surface area contributed by atoms with Crippen LogP contribution >= 0.6 is 0 Å². The Morgan fingerprint density at radius 3 is 2.14 bits per heavy atom. The lowest BCUT2D eigenvalue weighted by Crippen LogP contribution is -2.53. The van der Waals surface area contributed by atoms with E-state index in [1.807, 2.05) is 24.3 Å². The molecular formula is C28H34N2O5. The number of amides is 2. The first-order chi connectivity index (χ1) is 16.8. The summed E-state index contributed by atoms with van der Waals surface area (Å²) in [7, 11) is 0. The van der Waals surface area contributed by atoms with Crippen LogP contribution in [0.4, 0.5) is 4.79 Å². The number of aliphatic carboxylic acids is 1. The number of hydrogen-bond donors (Lipinski definition) is 3. The Balaban J connectivity index is 1.37. The van der Waals surface area contributed by atoms with E-state index >= 15 is 0 Å². The van der Waals surface area contributed by atoms with E-state index in [2.05, 4.69) is 34.9 Å². The molecule has 3 N–H and O–H groups in total. The van der Waals surface area contributed by atoms with Gasteiger partial charge in [0.25, 0.3) is 0 Å². The number of rotatable bonds is 9. The van der Waals surface area contributed by atoms with E-state index in [-0.39, 0.29) is 25.0 Å². The van der Waals surface area contributed by atoms with Crippen LogP contribution in [-0.4, -0.2) is 41.8 Å². The number of alkyl carbamates (subject to hydrolysis) is 1. The van der Waals surface area contributed by atoms with Gasteiger partial charge in [-0.05, 0) is 48.4 Å². The largest absolute Gasteiger partial charge is 0.480 e. The lowest BCUT2D eigenvalue weighted by atomic mass is 9.91. The minimum atomic E-state index is -1.38. The Bertz CT molecular complexity index is 1040. The summed E-state index contributed by atoms with van der Waals surface area (Å²) >= 11 is 0. The van der Waals surface area contributed by atoms with E-state index in [1.165, 1.54) is 13.8 Å². The van der Waals surface area contributed by atoms with Gasteiger partial charge in [-0.2, -0.15) is 0 Å². The summed E-state index contributed by atoms with van der Waals surface area (Å²) in [6, 6.07) is 16.3. The first-order valence-electron chi connectivity index (χ1n) is 12.4. The number of carbonyl (C=O) groups is 3. The zero-order valence-electron chi connectivity index (χ0n) is 20.4. The molecule has 1 unspecified atom stereocenters. The maximum Gasteiger partial charge on any atom is 0.407 e. The Hall–Kier alpha value is -3.35. The minimum Gasteiger partial charge on any atom is -0.480 e. The molecule has 7 heteroatoms. The summed E-state index contributed by atoms with van der Waals surface area (Å²) in [6.07, 6.45) is 4.42. The van der Waals surface area contributed by atoms with Crippen LogP contribution < -0.4 is 10.6 Å². The highest BCUT2D eigenvalue weighted by Gasteiger charge is 2.34. The smallest absolute Gasteiger partial charge is 0.407 e. The van der Waals surface area contributed by atoms with Crippen molar-refractivity contribution in [3.63, 3.8) is 0 Å². The molecule has 4 rings (SSSR count). The third-order valence-electron chi connectivity index (χ3n) is 7.27. The molecule has 2 aliphatic rings. The zero-order valence-corrected chi connectivity index (χ0v) is 20.4. The molecule has 0 aromatic heterocycles. The van der Waals surface area contributed by atoms with Gasteiger partial charge in [-0.25, -0.2) is 9.59 Å². The summed E-state index contributed by atoms with van der Waals surface area (Å²) in [5.74, 6) is -1.61. The average Bonchev–Trinajstić information content (AvgIpc) is 3.46. The molecule has 0 bridgehead atoms. The molecule has 1 fully saturated rings. The maximum atomic E-state index is 12.9. The number of carbonyl (C=O) groups excluding carboxylic acids is 2. The molecule has 1 atom stereocenters. The average molecular weight is 479 g/mol. The van der Waals surface area contributed by atoms with Gasteiger partial charge in [0.05, 0.1) is 5.92 Å². The van der Waals surface area contributed by atoms with Gasteiger partial charge >= 0.3 is 12.1 Å². The molecule has 0 saturated heterocycles. The SMILES string of the molecule is CC(C)(NC(=O)C(CNC(=O)OCC1c2ccccc2-c2ccccc21)CC1CCCC1)C(=O)O. The molecule has 1 saturated carbocycles. The number of carboxylic acid groups (broad SMARTS) is 1. The molecule has 2 aromatic rings. The molecule has 7 nitrogen and oxygen atoms in total. The van der Waals surface area contributed by atoms with Crippen molar-refractivity contribution in [1.82, 2.24) is 10.6 Å². The van der Waals surface area contributed by atoms with E-state index in [1.54, 1.807) is 0 Å². The molecule has 0 spiro atoms. The molecule has 0 radical (unpaired) electrons. The molecule has 35 heavy (non-hydrogen) atoms. The summed E-state index contributed by atoms with van der Waals surface area (Å²) in [5.41, 5.74) is 3.21. The van der Waals surface area contributed by atoms with E-state index < -0.39 is 23.5 Å². The van der Waals surface area contributed by atoms with E-state index in [0.29, 0.717) is 12.3 Å². The molecule has 0 aliphatic heterocycles. The van der Waals surface area contributed by atoms with Gasteiger partial charge in [0.1, 0.15) is 12.1 Å². The zero-order chi connectivity index (χ0) is 25.0. The molecule has 2 aromatic carbocycles. The Morgan fingerprint density at radius 2 is 1.57 bits per heavy atom. The van der Waals surface area contributed by atoms with Crippen LogP contribution in [0.5, 0.6) is 0 Å². The molecule has 0 heterocycles. The number of hydrogen-bond acceptors (Lipinski definition) is 4. The molecular weight excluding hydrogens is 444 g/mol. The fourth-order valence-electron chi connectivity index (χ4n) is 5.25. The quantitative estimate of drug-likeness (QED) is 0.485. The summed E-state index contributed by atoms with van der Waals surface area (Å²) in [5, 5.41) is 14.8. The monoisotopic (exact) mass is 478 g/mol. The Labute approximate surface area is 206 Å². The Kier molecular flexibility index (Phi) is 7.43. The predicted molar refractivity (Wildman–Crippen MR) is 133 cm³/mol. The molecule has 186 valence electrons. The van der Waals surface area contributed by atoms with Gasteiger partial charge in [0, 0.05) is 12.5 Å². The van der Waals surface area contributed by atoms with Gasteiger partial charge in [-0.1, -0.05) is 74.2 Å². The second kappa shape index (κ2) is 10.5. The highest BCUT2D eigenvalue weighted by molar-refractivity contribution is 5.87. The second-order valence-electron chi connectivity index (χ2n) is 10.2. The van der Waals surface area contributed by atoms with Crippen LogP contribution in [0.25, 0.3) is 11.1 Å². The number of fused-ring (bicyclic) bond motifs is 3. The standard InChI is InChI=1S/C28H34N2O5/c1-28(2,26(32)33)30-25(31)19(15-18-9-3-4-10-18)16-29-27(34)35-17-24-22-13-7-5-11-20(22)21-12-6-8-14-23(21)24/h5-8,11-14,18-19,24H,3-4,9-10,15-17H2,1-2H3,(H,29,34)(H,30,31)(H,32,33). The van der Waals surface area contributed by atoms with Crippen LogP contribution in [0.1, 0.15) is 63.0 Å². The lowest BCUT2D eigenvalue weighted by Gasteiger charge is -2.26. The lowest BCUT2D eigenvalue weighted by molar-refractivity contribution is -0.146. The fourth-order valence-corrected chi connectivity index (χ4v) is 5.25. The van der Waals surface area contributed by atoms with E-state index in [9.17, 15) is 19.5 Å². The summed E-state index contributed by atoms with van der Waals surface area (Å²) in [6.45, 7) is 3.22. The first-order valence-corrected chi connectivity index (χ1v) is 12.4. The van der Waals surface area contributed by atoms with E-state index in [4.69, 9.17) is 4.74 Å². The van der Waals surface area contributed by atoms with Crippen molar-refractivity contribution >= 4 is 18.0 Å². The van der Waals surface area contributed by atoms with Crippen LogP contribution in [0.2, 0.25) is 0 Å². The normalized spacial score (nSPS) is 16.3. The number of nitrogens with one attached hydrogen (secondary N) is 2. The van der Waals surface area contributed by atoms with Gasteiger partial charge in [0.2, 0.25) is 5.91 Å². The minimum absolute atomic E-state index is 0.0397. The third-order valence-corrected chi connectivity index (χ3v) is 7.27. The van der Waals surface area contributed by atoms with Crippen LogP contribution in [0.3, 0.4) is 0 Å². The Morgan fingerprint density at radius 1 is 1.00 bits per heavy atom. The number of carboxylic acids is 1. The summed E-state index contributed by atoms with van der Waals surface area (Å²) < 4.78 is 5.60. The van der Waals surface area contributed by atoms with Crippen LogP contribution in [0, 0.1) is 11.8 Å².